The fourth-order valence-corrected chi connectivity index (χ4v) is 2.18. The Labute approximate surface area is 120 Å². The van der Waals surface area contributed by atoms with Gasteiger partial charge >= 0.3 is 6.01 Å². The standard InChI is InChI=1S/C13H14FN5O2/c1-20-10-4-16-13(17-5-10)21-9-2-3-19(7-9)12-11(14)6-15-8-18-12/h4-6,8-9H,2-3,7H2,1H3. The van der Waals surface area contributed by atoms with Crippen LogP contribution in [0.2, 0.25) is 0 Å². The minimum absolute atomic E-state index is 0.104. The smallest absolute Gasteiger partial charge is 0.316 e. The minimum atomic E-state index is -0.432. The van der Waals surface area contributed by atoms with Crippen LogP contribution in [0.15, 0.2) is 24.9 Å². The first-order chi connectivity index (χ1) is 10.3. The van der Waals surface area contributed by atoms with E-state index in [0.29, 0.717) is 24.7 Å². The maximum absolute atomic E-state index is 13.6. The number of rotatable bonds is 4. The third-order valence-corrected chi connectivity index (χ3v) is 3.20. The molecule has 1 aliphatic heterocycles. The first kappa shape index (κ1) is 13.5. The molecule has 3 rings (SSSR count). The van der Waals surface area contributed by atoms with Crippen LogP contribution in [0.4, 0.5) is 10.2 Å². The van der Waals surface area contributed by atoms with Crippen molar-refractivity contribution in [3.63, 3.8) is 0 Å². The molecule has 0 bridgehead atoms. The quantitative estimate of drug-likeness (QED) is 0.834. The normalized spacial score (nSPS) is 17.8. The minimum Gasteiger partial charge on any atom is -0.494 e. The summed E-state index contributed by atoms with van der Waals surface area (Å²) in [5.74, 6) is 0.434. The zero-order valence-electron chi connectivity index (χ0n) is 11.4. The molecule has 110 valence electrons. The van der Waals surface area contributed by atoms with Gasteiger partial charge in [0.1, 0.15) is 12.4 Å². The van der Waals surface area contributed by atoms with E-state index in [1.54, 1.807) is 19.5 Å². The molecule has 3 heterocycles. The van der Waals surface area contributed by atoms with E-state index >= 15 is 0 Å². The van der Waals surface area contributed by atoms with E-state index in [0.717, 1.165) is 12.6 Å². The average molecular weight is 291 g/mol. The van der Waals surface area contributed by atoms with Gasteiger partial charge in [0.05, 0.1) is 32.2 Å². The van der Waals surface area contributed by atoms with Crippen molar-refractivity contribution in [3.05, 3.63) is 30.7 Å². The summed E-state index contributed by atoms with van der Waals surface area (Å²) in [4.78, 5) is 17.5. The zero-order valence-corrected chi connectivity index (χ0v) is 11.4. The van der Waals surface area contributed by atoms with E-state index in [2.05, 4.69) is 19.9 Å². The topological polar surface area (TPSA) is 73.3 Å². The fourth-order valence-electron chi connectivity index (χ4n) is 2.18. The molecule has 1 saturated heterocycles. The van der Waals surface area contributed by atoms with Gasteiger partial charge in [-0.1, -0.05) is 0 Å². The molecule has 0 N–H and O–H groups in total. The number of aromatic nitrogens is 4. The lowest BCUT2D eigenvalue weighted by Crippen LogP contribution is -2.26. The maximum Gasteiger partial charge on any atom is 0.316 e. The van der Waals surface area contributed by atoms with Crippen LogP contribution in [-0.4, -0.2) is 46.2 Å². The monoisotopic (exact) mass is 291 g/mol. The molecule has 1 atom stereocenters. The number of hydrogen-bond acceptors (Lipinski definition) is 7. The summed E-state index contributed by atoms with van der Waals surface area (Å²) in [6, 6.07) is 0.283. The molecule has 1 unspecified atom stereocenters. The zero-order chi connectivity index (χ0) is 14.7. The van der Waals surface area contributed by atoms with Gasteiger partial charge in [-0.15, -0.1) is 0 Å². The molecule has 0 amide bonds. The SMILES string of the molecule is COc1cnc(OC2CCN(c3ncncc3F)C2)nc1. The first-order valence-electron chi connectivity index (χ1n) is 6.49. The second kappa shape index (κ2) is 5.86. The molecular weight excluding hydrogens is 277 g/mol. The molecule has 7 nitrogen and oxygen atoms in total. The van der Waals surface area contributed by atoms with Crippen LogP contribution < -0.4 is 14.4 Å². The molecular formula is C13H14FN5O2. The van der Waals surface area contributed by atoms with Gasteiger partial charge < -0.3 is 14.4 Å². The van der Waals surface area contributed by atoms with Crippen molar-refractivity contribution in [2.45, 2.75) is 12.5 Å². The Morgan fingerprint density at radius 3 is 2.76 bits per heavy atom. The average Bonchev–Trinajstić information content (AvgIpc) is 2.97. The Kier molecular flexibility index (Phi) is 3.76. The van der Waals surface area contributed by atoms with Gasteiger partial charge in [0.25, 0.3) is 0 Å². The highest BCUT2D eigenvalue weighted by Crippen LogP contribution is 2.22. The second-order valence-corrected chi connectivity index (χ2v) is 4.57. The van der Waals surface area contributed by atoms with Crippen molar-refractivity contribution in [2.24, 2.45) is 0 Å². The highest BCUT2D eigenvalue weighted by molar-refractivity contribution is 5.39. The predicted molar refractivity (Wildman–Crippen MR) is 71.8 cm³/mol. The molecule has 8 heteroatoms. The van der Waals surface area contributed by atoms with Crippen molar-refractivity contribution in [3.8, 4) is 11.8 Å². The Hall–Kier alpha value is -2.51. The van der Waals surface area contributed by atoms with Gasteiger partial charge in [0.15, 0.2) is 17.4 Å². The van der Waals surface area contributed by atoms with Crippen molar-refractivity contribution >= 4 is 5.82 Å². The number of nitrogens with zero attached hydrogens (tertiary/aromatic N) is 5. The number of methoxy groups -OCH3 is 1. The molecule has 0 spiro atoms. The van der Waals surface area contributed by atoms with E-state index < -0.39 is 5.82 Å². The lowest BCUT2D eigenvalue weighted by Gasteiger charge is -2.17. The van der Waals surface area contributed by atoms with Gasteiger partial charge in [-0.05, 0) is 0 Å². The molecule has 0 aromatic carbocycles. The van der Waals surface area contributed by atoms with Gasteiger partial charge in [-0.3, -0.25) is 0 Å². The summed E-state index contributed by atoms with van der Waals surface area (Å²) in [6.45, 7) is 1.19. The molecule has 0 saturated carbocycles. The summed E-state index contributed by atoms with van der Waals surface area (Å²) in [7, 11) is 1.55. The molecule has 1 fully saturated rings. The van der Waals surface area contributed by atoms with Crippen LogP contribution in [0, 0.1) is 5.82 Å². The van der Waals surface area contributed by atoms with Crippen molar-refractivity contribution < 1.29 is 13.9 Å². The van der Waals surface area contributed by atoms with Crippen LogP contribution in [0.1, 0.15) is 6.42 Å². The predicted octanol–water partition coefficient (Wildman–Crippen LogP) is 1.07. The third-order valence-electron chi connectivity index (χ3n) is 3.20. The van der Waals surface area contributed by atoms with E-state index in [-0.39, 0.29) is 12.1 Å². The Morgan fingerprint density at radius 1 is 1.24 bits per heavy atom. The van der Waals surface area contributed by atoms with Crippen LogP contribution in [-0.2, 0) is 0 Å². The number of halogens is 1. The van der Waals surface area contributed by atoms with Crippen LogP contribution >= 0.6 is 0 Å². The summed E-state index contributed by atoms with van der Waals surface area (Å²) in [5.41, 5.74) is 0. The largest absolute Gasteiger partial charge is 0.494 e. The number of hydrogen-bond donors (Lipinski definition) is 0. The second-order valence-electron chi connectivity index (χ2n) is 4.57. The molecule has 2 aromatic heterocycles. The van der Waals surface area contributed by atoms with Crippen molar-refractivity contribution in [1.29, 1.82) is 0 Å². The number of ether oxygens (including phenoxy) is 2. The van der Waals surface area contributed by atoms with Gasteiger partial charge in [0, 0.05) is 13.0 Å². The molecule has 0 aliphatic carbocycles. The van der Waals surface area contributed by atoms with Gasteiger partial charge in [-0.2, -0.15) is 9.97 Å². The summed E-state index contributed by atoms with van der Waals surface area (Å²) in [6.07, 6.45) is 6.21. The summed E-state index contributed by atoms with van der Waals surface area (Å²) in [5, 5.41) is 0. The molecule has 2 aromatic rings. The van der Waals surface area contributed by atoms with Crippen molar-refractivity contribution in [2.75, 3.05) is 25.1 Å². The Morgan fingerprint density at radius 2 is 2.05 bits per heavy atom. The van der Waals surface area contributed by atoms with Gasteiger partial charge in [0.2, 0.25) is 0 Å². The van der Waals surface area contributed by atoms with E-state index in [1.165, 1.54) is 6.33 Å². The fraction of sp³-hybridized carbons (Fsp3) is 0.385. The molecule has 21 heavy (non-hydrogen) atoms. The number of anilines is 1. The maximum atomic E-state index is 13.6. The Balaban J connectivity index is 1.63. The van der Waals surface area contributed by atoms with E-state index in [4.69, 9.17) is 9.47 Å². The van der Waals surface area contributed by atoms with E-state index in [9.17, 15) is 4.39 Å². The lowest BCUT2D eigenvalue weighted by atomic mass is 10.3. The first-order valence-corrected chi connectivity index (χ1v) is 6.49. The van der Waals surface area contributed by atoms with Crippen LogP contribution in [0.3, 0.4) is 0 Å². The van der Waals surface area contributed by atoms with Crippen LogP contribution in [0.25, 0.3) is 0 Å². The lowest BCUT2D eigenvalue weighted by molar-refractivity contribution is 0.205. The van der Waals surface area contributed by atoms with E-state index in [1.807, 2.05) is 4.90 Å². The summed E-state index contributed by atoms with van der Waals surface area (Å²) >= 11 is 0. The third kappa shape index (κ3) is 2.99. The van der Waals surface area contributed by atoms with Crippen LogP contribution in [0.5, 0.6) is 11.8 Å². The van der Waals surface area contributed by atoms with Crippen molar-refractivity contribution in [1.82, 2.24) is 19.9 Å². The highest BCUT2D eigenvalue weighted by Gasteiger charge is 2.27. The molecule has 1 aliphatic rings. The summed E-state index contributed by atoms with van der Waals surface area (Å²) < 4.78 is 24.3. The molecule has 0 radical (unpaired) electrons. The Bertz CT molecular complexity index is 610. The van der Waals surface area contributed by atoms with Gasteiger partial charge in [-0.25, -0.2) is 14.4 Å². The highest BCUT2D eigenvalue weighted by atomic mass is 19.1.